The molecule has 0 bridgehead atoms. The Morgan fingerprint density at radius 1 is 1.64 bits per heavy atom. The van der Waals surface area contributed by atoms with Crippen molar-refractivity contribution in [1.29, 1.82) is 0 Å². The maximum absolute atomic E-state index is 11.0. The van der Waals surface area contributed by atoms with Crippen LogP contribution < -0.4 is 0 Å². The molecule has 1 heterocycles. The summed E-state index contributed by atoms with van der Waals surface area (Å²) < 4.78 is 0. The van der Waals surface area contributed by atoms with E-state index in [-0.39, 0.29) is 17.0 Å². The van der Waals surface area contributed by atoms with E-state index >= 15 is 0 Å². The van der Waals surface area contributed by atoms with E-state index in [4.69, 9.17) is 5.11 Å². The van der Waals surface area contributed by atoms with Gasteiger partial charge in [0.15, 0.2) is 5.78 Å². The van der Waals surface area contributed by atoms with E-state index < -0.39 is 0 Å². The standard InChI is InChI=1S/C7H6BrNO2/c8-3-6(10)5-1-2-7(11)9-4-5/h1-2,4H,3H2,(H,9,11). The molecule has 0 radical (unpaired) electrons. The van der Waals surface area contributed by atoms with E-state index in [2.05, 4.69) is 20.9 Å². The van der Waals surface area contributed by atoms with E-state index in [0.717, 1.165) is 0 Å². The molecule has 0 aromatic carbocycles. The van der Waals surface area contributed by atoms with Gasteiger partial charge in [0.05, 0.1) is 5.33 Å². The second kappa shape index (κ2) is 3.48. The molecule has 58 valence electrons. The van der Waals surface area contributed by atoms with Crippen molar-refractivity contribution in [2.45, 2.75) is 0 Å². The second-order valence-corrected chi connectivity index (χ2v) is 2.52. The van der Waals surface area contributed by atoms with Gasteiger partial charge in [-0.15, -0.1) is 0 Å². The molecule has 1 aromatic heterocycles. The van der Waals surface area contributed by atoms with Crippen molar-refractivity contribution in [3.8, 4) is 5.88 Å². The summed E-state index contributed by atoms with van der Waals surface area (Å²) in [7, 11) is 0. The largest absolute Gasteiger partial charge is 0.493 e. The number of aromatic nitrogens is 1. The quantitative estimate of drug-likeness (QED) is 0.599. The highest BCUT2D eigenvalue weighted by atomic mass is 79.9. The predicted molar refractivity (Wildman–Crippen MR) is 44.0 cm³/mol. The second-order valence-electron chi connectivity index (χ2n) is 1.96. The third-order valence-electron chi connectivity index (χ3n) is 1.19. The van der Waals surface area contributed by atoms with Crippen molar-refractivity contribution in [3.63, 3.8) is 0 Å². The van der Waals surface area contributed by atoms with Gasteiger partial charge in [-0.05, 0) is 6.07 Å². The Kier molecular flexibility index (Phi) is 2.59. The van der Waals surface area contributed by atoms with Crippen molar-refractivity contribution < 1.29 is 9.90 Å². The maximum atomic E-state index is 11.0. The van der Waals surface area contributed by atoms with Gasteiger partial charge in [-0.3, -0.25) is 4.79 Å². The number of hydrogen-bond donors (Lipinski definition) is 1. The Morgan fingerprint density at radius 3 is 2.82 bits per heavy atom. The van der Waals surface area contributed by atoms with Crippen LogP contribution in [-0.4, -0.2) is 21.2 Å². The topological polar surface area (TPSA) is 50.2 Å². The lowest BCUT2D eigenvalue weighted by Crippen LogP contribution is -1.99. The minimum absolute atomic E-state index is 0.0440. The molecule has 1 N–H and O–H groups in total. The first-order chi connectivity index (χ1) is 5.24. The summed E-state index contributed by atoms with van der Waals surface area (Å²) in [5, 5.41) is 9.05. The summed E-state index contributed by atoms with van der Waals surface area (Å²) in [6, 6.07) is 2.92. The molecule has 1 rings (SSSR count). The zero-order valence-corrected chi connectivity index (χ0v) is 7.21. The molecular weight excluding hydrogens is 210 g/mol. The van der Waals surface area contributed by atoms with Gasteiger partial charge >= 0.3 is 0 Å². The van der Waals surface area contributed by atoms with Crippen LogP contribution in [0.2, 0.25) is 0 Å². The first-order valence-corrected chi connectivity index (χ1v) is 4.10. The van der Waals surface area contributed by atoms with Gasteiger partial charge in [0.2, 0.25) is 5.88 Å². The monoisotopic (exact) mass is 215 g/mol. The van der Waals surface area contributed by atoms with Gasteiger partial charge in [0, 0.05) is 17.8 Å². The van der Waals surface area contributed by atoms with Crippen LogP contribution in [0.25, 0.3) is 0 Å². The van der Waals surface area contributed by atoms with Gasteiger partial charge in [0.25, 0.3) is 0 Å². The van der Waals surface area contributed by atoms with Crippen LogP contribution in [-0.2, 0) is 0 Å². The summed E-state index contributed by atoms with van der Waals surface area (Å²) in [6.45, 7) is 0. The molecule has 0 amide bonds. The minimum atomic E-state index is -0.0730. The number of ketones is 1. The average Bonchev–Trinajstić information content (AvgIpc) is 2.05. The summed E-state index contributed by atoms with van der Waals surface area (Å²) in [5.74, 6) is -0.117. The van der Waals surface area contributed by atoms with Crippen LogP contribution in [0, 0.1) is 0 Å². The van der Waals surface area contributed by atoms with Crippen LogP contribution in [0.3, 0.4) is 0 Å². The van der Waals surface area contributed by atoms with Gasteiger partial charge in [-0.1, -0.05) is 15.9 Å². The molecule has 0 atom stereocenters. The Morgan fingerprint density at radius 2 is 2.36 bits per heavy atom. The normalized spacial score (nSPS) is 9.55. The zero-order valence-electron chi connectivity index (χ0n) is 5.62. The molecule has 0 saturated carbocycles. The minimum Gasteiger partial charge on any atom is -0.493 e. The average molecular weight is 216 g/mol. The number of rotatable bonds is 2. The smallest absolute Gasteiger partial charge is 0.210 e. The number of halogens is 1. The molecule has 0 saturated heterocycles. The number of alkyl halides is 1. The number of Topliss-reactive ketones (excluding diaryl/α,β-unsaturated/α-hetero) is 1. The lowest BCUT2D eigenvalue weighted by Gasteiger charge is -1.94. The Labute approximate surface area is 72.2 Å². The van der Waals surface area contributed by atoms with E-state index in [0.29, 0.717) is 5.56 Å². The molecule has 0 spiro atoms. The first-order valence-electron chi connectivity index (χ1n) is 2.98. The number of nitrogens with zero attached hydrogens (tertiary/aromatic N) is 1. The van der Waals surface area contributed by atoms with Crippen molar-refractivity contribution in [3.05, 3.63) is 23.9 Å². The third kappa shape index (κ3) is 2.01. The Hall–Kier alpha value is -0.900. The van der Waals surface area contributed by atoms with Crippen LogP contribution >= 0.6 is 15.9 Å². The molecule has 0 aliphatic rings. The molecule has 0 fully saturated rings. The first kappa shape index (κ1) is 8.20. The van der Waals surface area contributed by atoms with Crippen molar-refractivity contribution >= 4 is 21.7 Å². The van der Waals surface area contributed by atoms with Crippen LogP contribution in [0.4, 0.5) is 0 Å². The summed E-state index contributed by atoms with van der Waals surface area (Å²) in [6.07, 6.45) is 1.35. The molecular formula is C7H6BrNO2. The number of carbonyl (C=O) groups excluding carboxylic acids is 1. The summed E-state index contributed by atoms with van der Waals surface area (Å²) in [4.78, 5) is 14.5. The van der Waals surface area contributed by atoms with E-state index in [9.17, 15) is 4.79 Å². The fraction of sp³-hybridized carbons (Fsp3) is 0.143. The number of aromatic hydroxyl groups is 1. The van der Waals surface area contributed by atoms with Gasteiger partial charge < -0.3 is 5.11 Å². The number of pyridine rings is 1. The van der Waals surface area contributed by atoms with Crippen LogP contribution in [0.5, 0.6) is 5.88 Å². The highest BCUT2D eigenvalue weighted by molar-refractivity contribution is 9.09. The maximum Gasteiger partial charge on any atom is 0.210 e. The van der Waals surface area contributed by atoms with Crippen molar-refractivity contribution in [2.75, 3.05) is 5.33 Å². The third-order valence-corrected chi connectivity index (χ3v) is 1.70. The fourth-order valence-corrected chi connectivity index (χ4v) is 0.952. The number of carbonyl (C=O) groups is 1. The molecule has 0 unspecified atom stereocenters. The molecule has 1 aromatic rings. The van der Waals surface area contributed by atoms with Crippen LogP contribution in [0.15, 0.2) is 18.3 Å². The molecule has 4 heteroatoms. The summed E-state index contributed by atoms with van der Waals surface area (Å²) >= 11 is 3.03. The Bertz CT molecular complexity index is 258. The van der Waals surface area contributed by atoms with E-state index in [1.165, 1.54) is 18.3 Å². The van der Waals surface area contributed by atoms with Crippen molar-refractivity contribution in [2.24, 2.45) is 0 Å². The molecule has 0 aliphatic heterocycles. The van der Waals surface area contributed by atoms with E-state index in [1.807, 2.05) is 0 Å². The molecule has 0 aliphatic carbocycles. The number of hydrogen-bond acceptors (Lipinski definition) is 3. The highest BCUT2D eigenvalue weighted by Gasteiger charge is 2.02. The Balaban J connectivity index is 2.90. The highest BCUT2D eigenvalue weighted by Crippen LogP contribution is 2.06. The predicted octanol–water partition coefficient (Wildman–Crippen LogP) is 1.36. The fourth-order valence-electron chi connectivity index (χ4n) is 0.628. The lowest BCUT2D eigenvalue weighted by atomic mass is 10.2. The van der Waals surface area contributed by atoms with Gasteiger partial charge in [-0.25, -0.2) is 4.98 Å². The van der Waals surface area contributed by atoms with E-state index in [1.54, 1.807) is 0 Å². The lowest BCUT2D eigenvalue weighted by molar-refractivity contribution is 0.102. The SMILES string of the molecule is O=C(CBr)c1ccc(O)nc1. The molecule has 3 nitrogen and oxygen atoms in total. The summed E-state index contributed by atoms with van der Waals surface area (Å²) in [5.41, 5.74) is 0.500. The van der Waals surface area contributed by atoms with Crippen molar-refractivity contribution in [1.82, 2.24) is 4.98 Å². The molecule has 11 heavy (non-hydrogen) atoms. The van der Waals surface area contributed by atoms with Gasteiger partial charge in [0.1, 0.15) is 0 Å². The zero-order chi connectivity index (χ0) is 8.27. The van der Waals surface area contributed by atoms with Crippen LogP contribution in [0.1, 0.15) is 10.4 Å². The van der Waals surface area contributed by atoms with Gasteiger partial charge in [-0.2, -0.15) is 0 Å².